The van der Waals surface area contributed by atoms with Crippen LogP contribution >= 0.6 is 0 Å². The molecule has 12 heteroatoms. The number of rotatable bonds is 4. The molecule has 0 aromatic carbocycles. The van der Waals surface area contributed by atoms with E-state index in [1.54, 1.807) is 13.8 Å². The highest BCUT2D eigenvalue weighted by molar-refractivity contribution is 5.85. The standard InChI is InChI=1S/C32H48O12/c1-15-25-26(44-28(2,3)43-25)24(37)27(41-15)42-17-10-21(35)31(14-33)23-19(5-7-30(31,38)11-17)32(39)8-6-18(16-9-22(36)40-13-16)29(32,4)12-20(23)34/h9,15,17-21,23-27,33-35,37-39H,5-8,10-14H2,1-4H3/t15?,17-,18+,19?,20?,21+,23?,24?,25+,26?,27+,29+,30-,31+,32-/m0/s1. The number of carbonyl (C=O) groups is 1. The number of cyclic esters (lactones) is 1. The summed E-state index contributed by atoms with van der Waals surface area (Å²) in [5.74, 6) is -2.72. The molecule has 6 N–H and O–H groups in total. The molecule has 44 heavy (non-hydrogen) atoms. The van der Waals surface area contributed by atoms with Gasteiger partial charge < -0.3 is 54.3 Å². The molecule has 4 saturated carbocycles. The predicted octanol–water partition coefficient (Wildman–Crippen LogP) is 0.283. The number of fused-ring (bicyclic) bond motifs is 6. The summed E-state index contributed by atoms with van der Waals surface area (Å²) < 4.78 is 29.3. The van der Waals surface area contributed by atoms with Crippen molar-refractivity contribution in [2.45, 2.75) is 139 Å². The normalized spacial score (nSPS) is 56.3. The zero-order valence-corrected chi connectivity index (χ0v) is 25.9. The summed E-state index contributed by atoms with van der Waals surface area (Å²) in [6, 6.07) is 0. The third-order valence-corrected chi connectivity index (χ3v) is 13.0. The molecular weight excluding hydrogens is 576 g/mol. The number of hydrogen-bond donors (Lipinski definition) is 6. The minimum absolute atomic E-state index is 0.0291. The van der Waals surface area contributed by atoms with Gasteiger partial charge in [0.15, 0.2) is 12.1 Å². The lowest BCUT2D eigenvalue weighted by atomic mass is 9.40. The Balaban J connectivity index is 1.14. The predicted molar refractivity (Wildman–Crippen MR) is 150 cm³/mol. The van der Waals surface area contributed by atoms with Gasteiger partial charge in [-0.05, 0) is 70.3 Å². The van der Waals surface area contributed by atoms with Gasteiger partial charge in [-0.3, -0.25) is 0 Å². The molecule has 7 aliphatic rings. The Morgan fingerprint density at radius 3 is 2.43 bits per heavy atom. The lowest BCUT2D eigenvalue weighted by molar-refractivity contribution is -0.337. The van der Waals surface area contributed by atoms with E-state index in [2.05, 4.69) is 0 Å². The molecule has 7 rings (SSSR count). The Kier molecular flexibility index (Phi) is 7.25. The van der Waals surface area contributed by atoms with Gasteiger partial charge in [-0.25, -0.2) is 4.79 Å². The molecule has 6 fully saturated rings. The summed E-state index contributed by atoms with van der Waals surface area (Å²) in [7, 11) is 0. The molecule has 2 saturated heterocycles. The fourth-order valence-corrected chi connectivity index (χ4v) is 11.0. The number of aliphatic hydroxyl groups is 6. The van der Waals surface area contributed by atoms with Crippen LogP contribution < -0.4 is 0 Å². The third-order valence-electron chi connectivity index (χ3n) is 13.0. The molecule has 0 aromatic heterocycles. The van der Waals surface area contributed by atoms with Crippen molar-refractivity contribution in [3.63, 3.8) is 0 Å². The van der Waals surface area contributed by atoms with Gasteiger partial charge in [-0.15, -0.1) is 0 Å². The Morgan fingerprint density at radius 2 is 1.75 bits per heavy atom. The molecule has 15 atom stereocenters. The fourth-order valence-electron chi connectivity index (χ4n) is 11.0. The lowest BCUT2D eigenvalue weighted by Gasteiger charge is -2.68. The summed E-state index contributed by atoms with van der Waals surface area (Å²) in [6.07, 6.45) is -3.49. The van der Waals surface area contributed by atoms with Crippen molar-refractivity contribution < 1.29 is 59.1 Å². The number of hydrogen-bond acceptors (Lipinski definition) is 12. The van der Waals surface area contributed by atoms with Crippen LogP contribution in [0.25, 0.3) is 0 Å². The Hall–Kier alpha value is -1.19. The van der Waals surface area contributed by atoms with E-state index in [1.807, 2.05) is 13.8 Å². The van der Waals surface area contributed by atoms with Crippen LogP contribution in [0.4, 0.5) is 0 Å². The minimum atomic E-state index is -1.62. The summed E-state index contributed by atoms with van der Waals surface area (Å²) in [4.78, 5) is 11.9. The van der Waals surface area contributed by atoms with Crippen molar-refractivity contribution >= 4 is 5.97 Å². The number of esters is 1. The maximum absolute atomic E-state index is 12.5. The first-order chi connectivity index (χ1) is 20.6. The van der Waals surface area contributed by atoms with Crippen LogP contribution in [-0.2, 0) is 28.5 Å². The van der Waals surface area contributed by atoms with Crippen molar-refractivity contribution in [2.75, 3.05) is 13.2 Å². The largest absolute Gasteiger partial charge is 0.458 e. The van der Waals surface area contributed by atoms with Gasteiger partial charge in [0, 0.05) is 30.3 Å². The Bertz CT molecular complexity index is 1210. The second-order valence-electron chi connectivity index (χ2n) is 15.4. The molecule has 6 unspecified atom stereocenters. The lowest BCUT2D eigenvalue weighted by Crippen LogP contribution is -2.76. The summed E-state index contributed by atoms with van der Waals surface area (Å²) in [6.45, 7) is 6.91. The summed E-state index contributed by atoms with van der Waals surface area (Å²) in [5.41, 5.74) is -4.30. The van der Waals surface area contributed by atoms with E-state index < -0.39 is 101 Å². The van der Waals surface area contributed by atoms with Gasteiger partial charge in [0.05, 0.1) is 47.6 Å². The first-order valence-corrected chi connectivity index (χ1v) is 16.2. The smallest absolute Gasteiger partial charge is 0.331 e. The quantitative estimate of drug-likeness (QED) is 0.186. The van der Waals surface area contributed by atoms with E-state index >= 15 is 0 Å². The van der Waals surface area contributed by atoms with Crippen LogP contribution in [0.5, 0.6) is 0 Å². The molecular formula is C32H48O12. The van der Waals surface area contributed by atoms with Gasteiger partial charge in [0.2, 0.25) is 0 Å². The second-order valence-corrected chi connectivity index (χ2v) is 15.4. The van der Waals surface area contributed by atoms with Gasteiger partial charge in [-0.2, -0.15) is 0 Å². The number of carbonyl (C=O) groups excluding carboxylic acids is 1. The van der Waals surface area contributed by atoms with Crippen molar-refractivity contribution in [3.8, 4) is 0 Å². The Morgan fingerprint density at radius 1 is 1.02 bits per heavy atom. The van der Waals surface area contributed by atoms with E-state index in [0.29, 0.717) is 19.3 Å². The average Bonchev–Trinajstić information content (AvgIpc) is 3.59. The minimum Gasteiger partial charge on any atom is -0.458 e. The second kappa shape index (κ2) is 10.2. The molecule has 0 aromatic rings. The van der Waals surface area contributed by atoms with Crippen molar-refractivity contribution in [1.82, 2.24) is 0 Å². The highest BCUT2D eigenvalue weighted by Crippen LogP contribution is 2.70. The number of aliphatic hydroxyl groups excluding tert-OH is 4. The van der Waals surface area contributed by atoms with E-state index in [0.717, 1.165) is 5.57 Å². The molecule has 0 bridgehead atoms. The maximum Gasteiger partial charge on any atom is 0.331 e. The third kappa shape index (κ3) is 4.15. The van der Waals surface area contributed by atoms with Crippen LogP contribution in [0.2, 0.25) is 0 Å². The van der Waals surface area contributed by atoms with Gasteiger partial charge in [-0.1, -0.05) is 6.92 Å². The molecule has 4 aliphatic carbocycles. The molecule has 0 radical (unpaired) electrons. The van der Waals surface area contributed by atoms with Crippen LogP contribution in [0.1, 0.15) is 72.6 Å². The first-order valence-electron chi connectivity index (χ1n) is 16.2. The van der Waals surface area contributed by atoms with Crippen LogP contribution in [0.15, 0.2) is 11.6 Å². The fraction of sp³-hybridized carbons (Fsp3) is 0.906. The average molecular weight is 625 g/mol. The van der Waals surface area contributed by atoms with Crippen LogP contribution in [0, 0.1) is 28.6 Å². The zero-order valence-electron chi connectivity index (χ0n) is 25.9. The van der Waals surface area contributed by atoms with Crippen molar-refractivity contribution in [2.24, 2.45) is 28.6 Å². The van der Waals surface area contributed by atoms with Gasteiger partial charge in [0.1, 0.15) is 24.9 Å². The van der Waals surface area contributed by atoms with E-state index in [4.69, 9.17) is 23.7 Å². The molecule has 12 nitrogen and oxygen atoms in total. The van der Waals surface area contributed by atoms with Crippen LogP contribution in [-0.4, -0.2) is 116 Å². The van der Waals surface area contributed by atoms with Gasteiger partial charge in [0.25, 0.3) is 0 Å². The maximum atomic E-state index is 12.5. The topological polar surface area (TPSA) is 185 Å². The van der Waals surface area contributed by atoms with Gasteiger partial charge >= 0.3 is 5.97 Å². The highest BCUT2D eigenvalue weighted by Gasteiger charge is 2.75. The van der Waals surface area contributed by atoms with Crippen molar-refractivity contribution in [3.05, 3.63) is 11.6 Å². The first kappa shape index (κ1) is 31.4. The molecule has 0 spiro atoms. The number of ether oxygens (including phenoxy) is 5. The van der Waals surface area contributed by atoms with E-state index in [1.165, 1.54) is 6.08 Å². The molecule has 248 valence electrons. The highest BCUT2D eigenvalue weighted by atomic mass is 16.8. The Labute approximate surface area is 257 Å². The molecule has 3 heterocycles. The van der Waals surface area contributed by atoms with E-state index in [-0.39, 0.29) is 38.2 Å². The van der Waals surface area contributed by atoms with Crippen molar-refractivity contribution in [1.29, 1.82) is 0 Å². The molecule has 0 amide bonds. The SMILES string of the molecule is CC1O[C@H](O[C@H]2C[C@@H](O)[C@]3(CO)C4C(O)C[C@]5(C)[C@@H](C6=CC(=O)OC6)CC[C@]5(O)C4CC[C@]3(O)C2)C(O)C2OC(C)(C)O[C@H]12. The zero-order chi connectivity index (χ0) is 31.6. The summed E-state index contributed by atoms with van der Waals surface area (Å²) >= 11 is 0. The van der Waals surface area contributed by atoms with Crippen LogP contribution in [0.3, 0.4) is 0 Å². The van der Waals surface area contributed by atoms with E-state index in [9.17, 15) is 35.4 Å². The summed E-state index contributed by atoms with van der Waals surface area (Å²) in [5, 5.41) is 70.7. The monoisotopic (exact) mass is 624 g/mol. The molecule has 3 aliphatic heterocycles.